The SMILES string of the molecule is Cc1cc(CO)c(CO)n1C. The molecule has 0 unspecified atom stereocenters. The van der Waals surface area contributed by atoms with Crippen LogP contribution >= 0.6 is 0 Å². The standard InChI is InChI=1S/C8H13NO2/c1-6-3-7(4-10)8(5-11)9(6)2/h3,10-11H,4-5H2,1-2H3. The Balaban J connectivity index is 3.15. The van der Waals surface area contributed by atoms with Gasteiger partial charge in [0.1, 0.15) is 0 Å². The average Bonchev–Trinajstić information content (AvgIpc) is 2.28. The van der Waals surface area contributed by atoms with Gasteiger partial charge in [0.15, 0.2) is 0 Å². The second-order valence-electron chi connectivity index (χ2n) is 2.63. The molecule has 0 aromatic carbocycles. The van der Waals surface area contributed by atoms with Gasteiger partial charge < -0.3 is 14.8 Å². The van der Waals surface area contributed by atoms with Gasteiger partial charge >= 0.3 is 0 Å². The van der Waals surface area contributed by atoms with E-state index in [4.69, 9.17) is 10.2 Å². The van der Waals surface area contributed by atoms with E-state index in [2.05, 4.69) is 0 Å². The van der Waals surface area contributed by atoms with Crippen LogP contribution in [0.4, 0.5) is 0 Å². The first kappa shape index (κ1) is 8.30. The summed E-state index contributed by atoms with van der Waals surface area (Å²) in [5, 5.41) is 17.8. The first-order chi connectivity index (χ1) is 5.20. The largest absolute Gasteiger partial charge is 0.392 e. The lowest BCUT2D eigenvalue weighted by molar-refractivity contribution is 0.254. The van der Waals surface area contributed by atoms with Crippen molar-refractivity contribution in [2.45, 2.75) is 20.1 Å². The van der Waals surface area contributed by atoms with Gasteiger partial charge in [0.2, 0.25) is 0 Å². The summed E-state index contributed by atoms with van der Waals surface area (Å²) in [6, 6.07) is 1.88. The molecule has 2 N–H and O–H groups in total. The van der Waals surface area contributed by atoms with E-state index in [1.807, 2.05) is 24.6 Å². The third kappa shape index (κ3) is 1.29. The topological polar surface area (TPSA) is 45.4 Å². The fourth-order valence-corrected chi connectivity index (χ4v) is 1.21. The fourth-order valence-electron chi connectivity index (χ4n) is 1.21. The quantitative estimate of drug-likeness (QED) is 0.646. The summed E-state index contributed by atoms with van der Waals surface area (Å²) >= 11 is 0. The molecule has 3 nitrogen and oxygen atoms in total. The summed E-state index contributed by atoms with van der Waals surface area (Å²) < 4.78 is 1.88. The molecule has 3 heteroatoms. The van der Waals surface area contributed by atoms with Crippen molar-refractivity contribution in [3.63, 3.8) is 0 Å². The summed E-state index contributed by atoms with van der Waals surface area (Å²) in [4.78, 5) is 0. The molecule has 0 aliphatic carbocycles. The number of hydrogen-bond donors (Lipinski definition) is 2. The summed E-state index contributed by atoms with van der Waals surface area (Å²) in [5.41, 5.74) is 2.66. The Kier molecular flexibility index (Phi) is 2.31. The summed E-state index contributed by atoms with van der Waals surface area (Å²) in [6.07, 6.45) is 0. The lowest BCUT2D eigenvalue weighted by Crippen LogP contribution is -1.99. The summed E-state index contributed by atoms with van der Waals surface area (Å²) in [7, 11) is 1.88. The molecule has 1 aromatic rings. The molecule has 0 aliphatic heterocycles. The van der Waals surface area contributed by atoms with Crippen molar-refractivity contribution < 1.29 is 10.2 Å². The molecule has 0 fully saturated rings. The van der Waals surface area contributed by atoms with Crippen molar-refractivity contribution in [3.8, 4) is 0 Å². The molecule has 0 bridgehead atoms. The molecule has 0 saturated carbocycles. The van der Waals surface area contributed by atoms with Crippen molar-refractivity contribution in [2.75, 3.05) is 0 Å². The molecule has 0 spiro atoms. The van der Waals surface area contributed by atoms with E-state index in [1.165, 1.54) is 0 Å². The summed E-state index contributed by atoms with van der Waals surface area (Å²) in [6.45, 7) is 1.93. The number of hydrogen-bond acceptors (Lipinski definition) is 2. The number of aliphatic hydroxyl groups is 2. The predicted octanol–water partition coefficient (Wildman–Crippen LogP) is 0.318. The Bertz CT molecular complexity index is 253. The zero-order valence-corrected chi connectivity index (χ0v) is 6.83. The number of aromatic nitrogens is 1. The molecule has 0 atom stereocenters. The van der Waals surface area contributed by atoms with Crippen LogP contribution < -0.4 is 0 Å². The Morgan fingerprint density at radius 2 is 2.00 bits per heavy atom. The lowest BCUT2D eigenvalue weighted by Gasteiger charge is -2.02. The highest BCUT2D eigenvalue weighted by Gasteiger charge is 2.06. The van der Waals surface area contributed by atoms with Crippen LogP contribution in [-0.2, 0) is 20.3 Å². The van der Waals surface area contributed by atoms with Crippen LogP contribution in [0, 0.1) is 6.92 Å². The molecular formula is C8H13NO2. The van der Waals surface area contributed by atoms with Gasteiger partial charge in [-0.1, -0.05) is 0 Å². The maximum atomic E-state index is 8.91. The Morgan fingerprint density at radius 1 is 1.36 bits per heavy atom. The third-order valence-electron chi connectivity index (χ3n) is 2.01. The molecule has 0 radical (unpaired) electrons. The van der Waals surface area contributed by atoms with Gasteiger partial charge in [0.25, 0.3) is 0 Å². The van der Waals surface area contributed by atoms with Crippen LogP contribution in [-0.4, -0.2) is 14.8 Å². The molecule has 1 rings (SSSR count). The van der Waals surface area contributed by atoms with Crippen molar-refractivity contribution in [3.05, 3.63) is 23.0 Å². The molecular weight excluding hydrogens is 142 g/mol. The van der Waals surface area contributed by atoms with Crippen molar-refractivity contribution >= 4 is 0 Å². The van der Waals surface area contributed by atoms with E-state index in [9.17, 15) is 0 Å². The molecule has 1 aromatic heterocycles. The molecule has 0 amide bonds. The van der Waals surface area contributed by atoms with Gasteiger partial charge in [-0.05, 0) is 13.0 Å². The van der Waals surface area contributed by atoms with E-state index in [0.29, 0.717) is 0 Å². The second kappa shape index (κ2) is 3.07. The van der Waals surface area contributed by atoms with Crippen LogP contribution in [0.2, 0.25) is 0 Å². The minimum atomic E-state index is -0.0137. The number of rotatable bonds is 2. The van der Waals surface area contributed by atoms with Crippen LogP contribution in [0.25, 0.3) is 0 Å². The Hall–Kier alpha value is -0.800. The Labute approximate surface area is 65.9 Å². The van der Waals surface area contributed by atoms with Crippen molar-refractivity contribution in [1.29, 1.82) is 0 Å². The van der Waals surface area contributed by atoms with Gasteiger partial charge in [-0.3, -0.25) is 0 Å². The highest BCUT2D eigenvalue weighted by atomic mass is 16.3. The number of nitrogens with zero attached hydrogens (tertiary/aromatic N) is 1. The first-order valence-corrected chi connectivity index (χ1v) is 3.56. The van der Waals surface area contributed by atoms with Crippen molar-refractivity contribution in [1.82, 2.24) is 4.57 Å². The molecule has 1 heterocycles. The summed E-state index contributed by atoms with van der Waals surface area (Å²) in [5.74, 6) is 0. The van der Waals surface area contributed by atoms with Crippen LogP contribution in [0.15, 0.2) is 6.07 Å². The number of aryl methyl sites for hydroxylation is 1. The fraction of sp³-hybridized carbons (Fsp3) is 0.500. The van der Waals surface area contributed by atoms with Crippen LogP contribution in [0.5, 0.6) is 0 Å². The minimum Gasteiger partial charge on any atom is -0.392 e. The zero-order valence-electron chi connectivity index (χ0n) is 6.83. The number of aliphatic hydroxyl groups excluding tert-OH is 2. The van der Waals surface area contributed by atoms with Gasteiger partial charge in [0.05, 0.1) is 13.2 Å². The lowest BCUT2D eigenvalue weighted by atomic mass is 10.2. The smallest absolute Gasteiger partial charge is 0.0836 e. The van der Waals surface area contributed by atoms with Gasteiger partial charge in [-0.25, -0.2) is 0 Å². The third-order valence-corrected chi connectivity index (χ3v) is 2.01. The van der Waals surface area contributed by atoms with Crippen LogP contribution in [0.3, 0.4) is 0 Å². The van der Waals surface area contributed by atoms with Gasteiger partial charge in [-0.15, -0.1) is 0 Å². The van der Waals surface area contributed by atoms with E-state index >= 15 is 0 Å². The molecule has 62 valence electrons. The van der Waals surface area contributed by atoms with E-state index in [-0.39, 0.29) is 13.2 Å². The normalized spacial score (nSPS) is 10.5. The second-order valence-corrected chi connectivity index (χ2v) is 2.63. The minimum absolute atomic E-state index is 0.00241. The van der Waals surface area contributed by atoms with Gasteiger partial charge in [0, 0.05) is 24.0 Å². The highest BCUT2D eigenvalue weighted by Crippen LogP contribution is 2.13. The maximum Gasteiger partial charge on any atom is 0.0836 e. The van der Waals surface area contributed by atoms with Gasteiger partial charge in [-0.2, -0.15) is 0 Å². The Morgan fingerprint density at radius 3 is 2.36 bits per heavy atom. The highest BCUT2D eigenvalue weighted by molar-refractivity contribution is 5.26. The average molecular weight is 155 g/mol. The maximum absolute atomic E-state index is 8.91. The molecule has 11 heavy (non-hydrogen) atoms. The van der Waals surface area contributed by atoms with E-state index in [0.717, 1.165) is 17.0 Å². The first-order valence-electron chi connectivity index (χ1n) is 3.56. The predicted molar refractivity (Wildman–Crippen MR) is 42.0 cm³/mol. The van der Waals surface area contributed by atoms with E-state index in [1.54, 1.807) is 0 Å². The molecule has 0 saturated heterocycles. The van der Waals surface area contributed by atoms with Crippen molar-refractivity contribution in [2.24, 2.45) is 7.05 Å². The molecule has 0 aliphatic rings. The zero-order chi connectivity index (χ0) is 8.43. The van der Waals surface area contributed by atoms with Crippen LogP contribution in [0.1, 0.15) is 17.0 Å². The van der Waals surface area contributed by atoms with E-state index < -0.39 is 0 Å². The monoisotopic (exact) mass is 155 g/mol.